The number of aliphatic hydroxyl groups is 1. The Morgan fingerprint density at radius 2 is 1.16 bits per heavy atom. The first-order chi connectivity index (χ1) is 20.1. The fourth-order valence-electron chi connectivity index (χ4n) is 3.96. The highest BCUT2D eigenvalue weighted by molar-refractivity contribution is 5.78. The summed E-state index contributed by atoms with van der Waals surface area (Å²) in [7, 11) is 0. The summed E-state index contributed by atoms with van der Waals surface area (Å²) in [5.41, 5.74) is 5.49. The average Bonchev–Trinajstić information content (AvgIpc) is 2.88. The third kappa shape index (κ3) is 11.9. The topological polar surface area (TPSA) is 183 Å². The summed E-state index contributed by atoms with van der Waals surface area (Å²) < 4.78 is 29.1. The summed E-state index contributed by atoms with van der Waals surface area (Å²) in [6, 6.07) is 0. The minimum Gasteiger partial charge on any atom is -0.462 e. The van der Waals surface area contributed by atoms with E-state index in [0.717, 1.165) is 19.3 Å². The highest BCUT2D eigenvalue weighted by Crippen LogP contribution is 2.35. The van der Waals surface area contributed by atoms with E-state index in [9.17, 15) is 24.7 Å². The predicted molar refractivity (Wildman–Crippen MR) is 161 cm³/mol. The second-order valence-corrected chi connectivity index (χ2v) is 15.0. The van der Waals surface area contributed by atoms with Gasteiger partial charge in [-0.25, -0.2) is 0 Å². The van der Waals surface area contributed by atoms with E-state index in [4.69, 9.17) is 28.8 Å². The molecule has 0 amide bonds. The van der Waals surface area contributed by atoms with Crippen molar-refractivity contribution in [2.24, 2.45) is 26.8 Å². The summed E-state index contributed by atoms with van der Waals surface area (Å²) in [4.78, 5) is 55.3. The molecule has 1 heterocycles. The van der Waals surface area contributed by atoms with E-state index in [1.165, 1.54) is 0 Å². The molecule has 0 aromatic heterocycles. The Kier molecular flexibility index (Phi) is 14.1. The Morgan fingerprint density at radius 1 is 0.705 bits per heavy atom. The molecular formula is C31H53N3O10. The van der Waals surface area contributed by atoms with Gasteiger partial charge in [-0.2, -0.15) is 0 Å². The minimum atomic E-state index is -1.50. The Morgan fingerprint density at radius 3 is 1.61 bits per heavy atom. The number of rotatable bonds is 13. The minimum absolute atomic E-state index is 0.118. The number of carbonyl (C=O) groups is 4. The van der Waals surface area contributed by atoms with E-state index in [-0.39, 0.29) is 6.61 Å². The number of aliphatic hydroxyl groups excluding tert-OH is 1. The van der Waals surface area contributed by atoms with Crippen LogP contribution in [0.5, 0.6) is 0 Å². The number of carbonyl (C=O) groups excluding carboxylic acids is 4. The van der Waals surface area contributed by atoms with Gasteiger partial charge in [0.1, 0.15) is 12.7 Å². The number of hydrogen-bond acceptors (Lipinski definition) is 11. The summed E-state index contributed by atoms with van der Waals surface area (Å²) in [5.74, 6) is -2.61. The normalized spacial score (nSPS) is 22.8. The van der Waals surface area contributed by atoms with Gasteiger partial charge in [0, 0.05) is 11.5 Å². The van der Waals surface area contributed by atoms with Gasteiger partial charge < -0.3 is 28.8 Å². The van der Waals surface area contributed by atoms with Gasteiger partial charge in [-0.1, -0.05) is 24.4 Å². The van der Waals surface area contributed by atoms with Crippen LogP contribution < -0.4 is 0 Å². The highest BCUT2D eigenvalue weighted by Gasteiger charge is 2.54. The number of unbranched alkanes of at least 4 members (excludes halogenated alkanes) is 3. The Labute approximate surface area is 261 Å². The second kappa shape index (κ2) is 15.9. The lowest BCUT2D eigenvalue weighted by atomic mass is 9.87. The third-order valence-corrected chi connectivity index (χ3v) is 6.98. The zero-order valence-corrected chi connectivity index (χ0v) is 28.3. The lowest BCUT2D eigenvalue weighted by Gasteiger charge is -2.45. The Balaban J connectivity index is 3.51. The van der Waals surface area contributed by atoms with Crippen molar-refractivity contribution >= 4 is 23.9 Å². The van der Waals surface area contributed by atoms with Crippen LogP contribution in [0.25, 0.3) is 10.4 Å². The SMILES string of the molecule is CC(C)(C)C(=O)O[C@@H]1[C@@H](OC(=O)C(C)(C)C)[C@H](N=[N+]=[N-])O[C@H](COC(=O)C(C)(C)CCCCCCO)[C@@H]1OC(=O)C(C)(C)C. The van der Waals surface area contributed by atoms with Crippen LogP contribution in [-0.4, -0.2) is 72.8 Å². The molecule has 1 aliphatic heterocycles. The molecule has 0 aliphatic carbocycles. The van der Waals surface area contributed by atoms with Crippen LogP contribution in [0, 0.1) is 21.7 Å². The van der Waals surface area contributed by atoms with E-state index < -0.39 is 82.8 Å². The summed E-state index contributed by atoms with van der Waals surface area (Å²) in [6.07, 6.45) is -3.44. The lowest BCUT2D eigenvalue weighted by molar-refractivity contribution is -0.259. The van der Waals surface area contributed by atoms with Crippen molar-refractivity contribution in [2.75, 3.05) is 13.2 Å². The standard InChI is InChI=1S/C31H53N3O10/c1-28(2,3)24(36)42-20-19(18-40-27(39)31(10,11)16-14-12-13-15-17-35)41-23(33-34-32)22(44-26(38)30(7,8)9)21(20)43-25(37)29(4,5)6/h19-23,35H,12-18H2,1-11H3/t19-,20+,21+,22-,23-/m1/s1. The van der Waals surface area contributed by atoms with E-state index in [1.54, 1.807) is 76.2 Å². The van der Waals surface area contributed by atoms with E-state index in [1.807, 2.05) is 0 Å². The number of esters is 4. The maximum atomic E-state index is 13.2. The molecule has 5 atom stereocenters. The van der Waals surface area contributed by atoms with Gasteiger partial charge in [0.15, 0.2) is 24.5 Å². The molecule has 252 valence electrons. The van der Waals surface area contributed by atoms with Gasteiger partial charge >= 0.3 is 23.9 Å². The molecule has 0 bridgehead atoms. The third-order valence-electron chi connectivity index (χ3n) is 6.98. The van der Waals surface area contributed by atoms with Crippen LogP contribution >= 0.6 is 0 Å². The molecule has 1 rings (SSSR count). The van der Waals surface area contributed by atoms with E-state index in [2.05, 4.69) is 10.0 Å². The van der Waals surface area contributed by atoms with Crippen LogP contribution in [-0.2, 0) is 42.9 Å². The van der Waals surface area contributed by atoms with Crippen molar-refractivity contribution in [3.05, 3.63) is 10.4 Å². The quantitative estimate of drug-likeness (QED) is 0.0692. The number of nitrogens with zero attached hydrogens (tertiary/aromatic N) is 3. The molecule has 0 spiro atoms. The first-order valence-electron chi connectivity index (χ1n) is 15.2. The predicted octanol–water partition coefficient (Wildman–Crippen LogP) is 5.41. The molecule has 13 nitrogen and oxygen atoms in total. The Bertz CT molecular complexity index is 1050. The number of hydrogen-bond donors (Lipinski definition) is 1. The highest BCUT2D eigenvalue weighted by atomic mass is 16.7. The van der Waals surface area contributed by atoms with Crippen molar-refractivity contribution in [3.63, 3.8) is 0 Å². The Hall–Kier alpha value is -2.89. The van der Waals surface area contributed by atoms with E-state index >= 15 is 0 Å². The zero-order valence-electron chi connectivity index (χ0n) is 28.3. The van der Waals surface area contributed by atoms with Crippen molar-refractivity contribution in [1.82, 2.24) is 0 Å². The molecule has 0 aromatic carbocycles. The van der Waals surface area contributed by atoms with Gasteiger partial charge in [0.2, 0.25) is 0 Å². The average molecular weight is 628 g/mol. The van der Waals surface area contributed by atoms with Crippen molar-refractivity contribution in [1.29, 1.82) is 0 Å². The molecule has 1 fully saturated rings. The smallest absolute Gasteiger partial charge is 0.311 e. The van der Waals surface area contributed by atoms with Gasteiger partial charge in [-0.15, -0.1) is 0 Å². The second-order valence-electron chi connectivity index (χ2n) is 15.0. The molecule has 0 saturated carbocycles. The van der Waals surface area contributed by atoms with Crippen LogP contribution in [0.15, 0.2) is 5.11 Å². The first kappa shape index (κ1) is 39.1. The lowest BCUT2D eigenvalue weighted by Crippen LogP contribution is -2.63. The summed E-state index contributed by atoms with van der Waals surface area (Å²) in [5, 5.41) is 12.7. The maximum absolute atomic E-state index is 13.2. The first-order valence-corrected chi connectivity index (χ1v) is 15.2. The molecule has 0 aromatic rings. The molecule has 1 N–H and O–H groups in total. The van der Waals surface area contributed by atoms with Gasteiger partial charge in [-0.3, -0.25) is 19.2 Å². The molecule has 0 unspecified atom stereocenters. The number of azide groups is 1. The van der Waals surface area contributed by atoms with Crippen LogP contribution in [0.1, 0.15) is 108 Å². The molecule has 1 aliphatic rings. The largest absolute Gasteiger partial charge is 0.462 e. The van der Waals surface area contributed by atoms with Gasteiger partial charge in [-0.05, 0) is 94.5 Å². The molecule has 1 saturated heterocycles. The molecule has 13 heteroatoms. The number of ether oxygens (including phenoxy) is 5. The fourth-order valence-corrected chi connectivity index (χ4v) is 3.96. The van der Waals surface area contributed by atoms with Crippen LogP contribution in [0.4, 0.5) is 0 Å². The van der Waals surface area contributed by atoms with E-state index in [0.29, 0.717) is 12.8 Å². The zero-order chi connectivity index (χ0) is 34.1. The summed E-state index contributed by atoms with van der Waals surface area (Å²) >= 11 is 0. The summed E-state index contributed by atoms with van der Waals surface area (Å²) in [6.45, 7) is 17.8. The van der Waals surface area contributed by atoms with Crippen molar-refractivity contribution < 1.29 is 48.0 Å². The molecule has 0 radical (unpaired) electrons. The van der Waals surface area contributed by atoms with Crippen molar-refractivity contribution in [2.45, 2.75) is 139 Å². The monoisotopic (exact) mass is 627 g/mol. The van der Waals surface area contributed by atoms with Crippen LogP contribution in [0.3, 0.4) is 0 Å². The molecular weight excluding hydrogens is 574 g/mol. The molecule has 44 heavy (non-hydrogen) atoms. The van der Waals surface area contributed by atoms with Crippen molar-refractivity contribution in [3.8, 4) is 0 Å². The maximum Gasteiger partial charge on any atom is 0.311 e. The fraction of sp³-hybridized carbons (Fsp3) is 0.871. The van der Waals surface area contributed by atoms with Gasteiger partial charge in [0.05, 0.1) is 21.7 Å². The van der Waals surface area contributed by atoms with Gasteiger partial charge in [0.25, 0.3) is 0 Å². The van der Waals surface area contributed by atoms with Crippen LogP contribution in [0.2, 0.25) is 0 Å².